The molecule has 0 amide bonds. The van der Waals surface area contributed by atoms with Gasteiger partial charge in [-0.2, -0.15) is 5.10 Å². The Hall–Kier alpha value is -2.39. The lowest BCUT2D eigenvalue weighted by Gasteiger charge is -2.06. The van der Waals surface area contributed by atoms with Gasteiger partial charge >= 0.3 is 0 Å². The predicted octanol–water partition coefficient (Wildman–Crippen LogP) is 3.67. The molecule has 0 fully saturated rings. The lowest BCUT2D eigenvalue weighted by Crippen LogP contribution is -2.12. The van der Waals surface area contributed by atoms with Crippen LogP contribution in [0.4, 0.5) is 0 Å². The molecule has 1 heterocycles. The van der Waals surface area contributed by atoms with Crippen molar-refractivity contribution < 1.29 is 0 Å². The zero-order valence-corrected chi connectivity index (χ0v) is 12.1. The van der Waals surface area contributed by atoms with Gasteiger partial charge in [0, 0.05) is 24.3 Å². The van der Waals surface area contributed by atoms with Crippen LogP contribution in [-0.4, -0.2) is 10.2 Å². The molecule has 0 radical (unpaired) electrons. The van der Waals surface area contributed by atoms with Crippen molar-refractivity contribution >= 4 is 0 Å². The molecule has 0 aliphatic rings. The first-order valence-corrected chi connectivity index (χ1v) is 7.17. The highest BCUT2D eigenvalue weighted by Crippen LogP contribution is 2.18. The van der Waals surface area contributed by atoms with E-state index in [-0.39, 0.29) is 0 Å². The van der Waals surface area contributed by atoms with Crippen LogP contribution in [0.3, 0.4) is 0 Å². The molecule has 0 saturated heterocycles. The zero-order chi connectivity index (χ0) is 14.5. The summed E-state index contributed by atoms with van der Waals surface area (Å²) in [6.07, 6.45) is 0. The van der Waals surface area contributed by atoms with Crippen molar-refractivity contribution in [3.8, 4) is 11.3 Å². The Balaban J connectivity index is 1.57. The van der Waals surface area contributed by atoms with Crippen LogP contribution >= 0.6 is 0 Å². The number of nitrogens with zero attached hydrogens (tertiary/aromatic N) is 1. The van der Waals surface area contributed by atoms with E-state index in [1.807, 2.05) is 13.0 Å². The molecule has 3 heteroatoms. The van der Waals surface area contributed by atoms with E-state index in [0.29, 0.717) is 0 Å². The molecule has 3 nitrogen and oxygen atoms in total. The van der Waals surface area contributed by atoms with Crippen LogP contribution in [0.15, 0.2) is 60.7 Å². The lowest BCUT2D eigenvalue weighted by atomic mass is 10.1. The molecule has 21 heavy (non-hydrogen) atoms. The summed E-state index contributed by atoms with van der Waals surface area (Å²) in [7, 11) is 0. The molecule has 2 aromatic carbocycles. The maximum atomic E-state index is 4.28. The lowest BCUT2D eigenvalue weighted by molar-refractivity contribution is 0.693. The summed E-state index contributed by atoms with van der Waals surface area (Å²) in [6.45, 7) is 3.77. The number of hydrogen-bond donors (Lipinski definition) is 2. The molecule has 0 atom stereocenters. The fourth-order valence-electron chi connectivity index (χ4n) is 2.31. The molecule has 0 aliphatic heterocycles. The van der Waals surface area contributed by atoms with Crippen LogP contribution in [0.5, 0.6) is 0 Å². The van der Waals surface area contributed by atoms with E-state index >= 15 is 0 Å². The monoisotopic (exact) mass is 277 g/mol. The van der Waals surface area contributed by atoms with Crippen molar-refractivity contribution in [2.75, 3.05) is 0 Å². The molecule has 0 spiro atoms. The van der Waals surface area contributed by atoms with E-state index in [2.05, 4.69) is 70.1 Å². The number of nitrogens with one attached hydrogen (secondary N) is 2. The molecule has 0 aliphatic carbocycles. The van der Waals surface area contributed by atoms with E-state index in [1.165, 1.54) is 11.1 Å². The largest absolute Gasteiger partial charge is 0.309 e. The first kappa shape index (κ1) is 13.6. The van der Waals surface area contributed by atoms with Crippen molar-refractivity contribution in [3.05, 3.63) is 77.5 Å². The first-order chi connectivity index (χ1) is 10.3. The Bertz CT molecular complexity index is 684. The van der Waals surface area contributed by atoms with E-state index in [4.69, 9.17) is 0 Å². The van der Waals surface area contributed by atoms with Crippen LogP contribution in [0.2, 0.25) is 0 Å². The van der Waals surface area contributed by atoms with Crippen LogP contribution in [0.1, 0.15) is 16.8 Å². The highest BCUT2D eigenvalue weighted by molar-refractivity contribution is 5.59. The van der Waals surface area contributed by atoms with Crippen molar-refractivity contribution in [1.82, 2.24) is 15.5 Å². The second-order valence-electron chi connectivity index (χ2n) is 5.22. The Morgan fingerprint density at radius 3 is 2.19 bits per heavy atom. The van der Waals surface area contributed by atoms with Gasteiger partial charge in [-0.15, -0.1) is 0 Å². The Morgan fingerprint density at radius 2 is 1.57 bits per heavy atom. The summed E-state index contributed by atoms with van der Waals surface area (Å²) in [5.74, 6) is 0. The van der Waals surface area contributed by atoms with Crippen LogP contribution in [-0.2, 0) is 13.1 Å². The third kappa shape index (κ3) is 3.58. The standard InChI is InChI=1S/C18H19N3/c1-14-11-18(21-20-14)17-9-7-16(8-10-17)13-19-12-15-5-3-2-4-6-15/h2-11,19H,12-13H2,1H3,(H,20,21). The zero-order valence-electron chi connectivity index (χ0n) is 12.1. The topological polar surface area (TPSA) is 40.7 Å². The van der Waals surface area contributed by atoms with Crippen molar-refractivity contribution in [3.63, 3.8) is 0 Å². The first-order valence-electron chi connectivity index (χ1n) is 7.17. The smallest absolute Gasteiger partial charge is 0.0923 e. The van der Waals surface area contributed by atoms with Crippen LogP contribution in [0.25, 0.3) is 11.3 Å². The number of hydrogen-bond acceptors (Lipinski definition) is 2. The Labute approximate surface area is 125 Å². The molecule has 3 aromatic rings. The van der Waals surface area contributed by atoms with E-state index in [0.717, 1.165) is 30.0 Å². The Kier molecular flexibility index (Phi) is 4.12. The quantitative estimate of drug-likeness (QED) is 0.747. The molecule has 0 saturated carbocycles. The van der Waals surface area contributed by atoms with Crippen LogP contribution in [0, 0.1) is 6.92 Å². The number of aromatic nitrogens is 2. The SMILES string of the molecule is Cc1cc(-c2ccc(CNCc3ccccc3)cc2)n[nH]1. The highest BCUT2D eigenvalue weighted by atomic mass is 15.1. The fourth-order valence-corrected chi connectivity index (χ4v) is 2.31. The van der Waals surface area contributed by atoms with E-state index in [9.17, 15) is 0 Å². The average Bonchev–Trinajstić information content (AvgIpc) is 2.96. The molecular weight excluding hydrogens is 258 g/mol. The summed E-state index contributed by atoms with van der Waals surface area (Å²) in [5, 5.41) is 10.7. The third-order valence-corrected chi connectivity index (χ3v) is 3.46. The average molecular weight is 277 g/mol. The van der Waals surface area contributed by atoms with Gasteiger partial charge in [0.05, 0.1) is 5.69 Å². The van der Waals surface area contributed by atoms with E-state index < -0.39 is 0 Å². The van der Waals surface area contributed by atoms with Crippen molar-refractivity contribution in [2.24, 2.45) is 0 Å². The van der Waals surface area contributed by atoms with Gasteiger partial charge in [0.25, 0.3) is 0 Å². The number of aryl methyl sites for hydroxylation is 1. The molecule has 106 valence electrons. The summed E-state index contributed by atoms with van der Waals surface area (Å²) in [6, 6.07) is 21.0. The van der Waals surface area contributed by atoms with Crippen molar-refractivity contribution in [2.45, 2.75) is 20.0 Å². The van der Waals surface area contributed by atoms with Gasteiger partial charge in [-0.05, 0) is 24.1 Å². The summed E-state index contributed by atoms with van der Waals surface area (Å²) >= 11 is 0. The highest BCUT2D eigenvalue weighted by Gasteiger charge is 2.01. The number of benzene rings is 2. The third-order valence-electron chi connectivity index (χ3n) is 3.46. The molecule has 0 unspecified atom stereocenters. The van der Waals surface area contributed by atoms with Gasteiger partial charge in [-0.25, -0.2) is 0 Å². The van der Waals surface area contributed by atoms with Gasteiger partial charge in [-0.3, -0.25) is 5.10 Å². The summed E-state index contributed by atoms with van der Waals surface area (Å²) < 4.78 is 0. The van der Waals surface area contributed by atoms with Gasteiger partial charge in [0.1, 0.15) is 0 Å². The molecule has 2 N–H and O–H groups in total. The van der Waals surface area contributed by atoms with Crippen molar-refractivity contribution in [1.29, 1.82) is 0 Å². The van der Waals surface area contributed by atoms with Gasteiger partial charge in [0.15, 0.2) is 0 Å². The van der Waals surface area contributed by atoms with Gasteiger partial charge < -0.3 is 5.32 Å². The number of rotatable bonds is 5. The van der Waals surface area contributed by atoms with Gasteiger partial charge in [-0.1, -0.05) is 54.6 Å². The summed E-state index contributed by atoms with van der Waals surface area (Å²) in [5.41, 5.74) is 5.81. The molecule has 0 bridgehead atoms. The maximum Gasteiger partial charge on any atom is 0.0923 e. The molecule has 3 rings (SSSR count). The van der Waals surface area contributed by atoms with Crippen LogP contribution < -0.4 is 5.32 Å². The second-order valence-corrected chi connectivity index (χ2v) is 5.22. The minimum absolute atomic E-state index is 0.870. The van der Waals surface area contributed by atoms with E-state index in [1.54, 1.807) is 0 Å². The normalized spacial score (nSPS) is 10.7. The predicted molar refractivity (Wildman–Crippen MR) is 85.7 cm³/mol. The summed E-state index contributed by atoms with van der Waals surface area (Å²) in [4.78, 5) is 0. The molecule has 1 aromatic heterocycles. The minimum atomic E-state index is 0.870. The van der Waals surface area contributed by atoms with Gasteiger partial charge in [0.2, 0.25) is 0 Å². The Morgan fingerprint density at radius 1 is 0.905 bits per heavy atom. The fraction of sp³-hybridized carbons (Fsp3) is 0.167. The number of H-pyrrole nitrogens is 1. The molecular formula is C18H19N3. The number of aromatic amines is 1. The minimum Gasteiger partial charge on any atom is -0.309 e. The maximum absolute atomic E-state index is 4.28. The second kappa shape index (κ2) is 6.37.